The van der Waals surface area contributed by atoms with E-state index in [0.29, 0.717) is 12.1 Å². The number of ether oxygens (including phenoxy) is 2. The molecule has 1 aromatic rings. The van der Waals surface area contributed by atoms with Crippen molar-refractivity contribution in [1.29, 1.82) is 0 Å². The summed E-state index contributed by atoms with van der Waals surface area (Å²) in [6.45, 7) is 3.78. The van der Waals surface area contributed by atoms with Crippen LogP contribution in [-0.4, -0.2) is 26.4 Å². The van der Waals surface area contributed by atoms with Gasteiger partial charge in [0.2, 0.25) is 0 Å². The smallest absolute Gasteiger partial charge is 0.120 e. The first-order valence-electron chi connectivity index (χ1n) is 6.31. The molecule has 1 aromatic carbocycles. The summed E-state index contributed by atoms with van der Waals surface area (Å²) in [5, 5.41) is 3.24. The highest BCUT2D eigenvalue weighted by molar-refractivity contribution is 5.30. The first-order valence-corrected chi connectivity index (χ1v) is 6.31. The predicted octanol–water partition coefficient (Wildman–Crippen LogP) is 2.52. The minimum atomic E-state index is 0.309. The fourth-order valence-corrected chi connectivity index (χ4v) is 2.01. The first kappa shape index (κ1) is 12.4. The summed E-state index contributed by atoms with van der Waals surface area (Å²) in [5.74, 6) is 0.969. The van der Waals surface area contributed by atoms with Gasteiger partial charge in [-0.25, -0.2) is 0 Å². The fraction of sp³-hybridized carbons (Fsp3) is 0.571. The van der Waals surface area contributed by atoms with Gasteiger partial charge in [-0.2, -0.15) is 0 Å². The maximum absolute atomic E-state index is 5.98. The zero-order chi connectivity index (χ0) is 12.1. The van der Waals surface area contributed by atoms with Crippen molar-refractivity contribution in [2.24, 2.45) is 0 Å². The van der Waals surface area contributed by atoms with Gasteiger partial charge in [0.1, 0.15) is 11.9 Å². The molecule has 0 bridgehead atoms. The van der Waals surface area contributed by atoms with Crippen molar-refractivity contribution in [2.45, 2.75) is 31.9 Å². The van der Waals surface area contributed by atoms with Crippen LogP contribution in [0.25, 0.3) is 0 Å². The Bertz CT molecular complexity index is 348. The van der Waals surface area contributed by atoms with E-state index in [1.54, 1.807) is 0 Å². The molecule has 1 aliphatic heterocycles. The Morgan fingerprint density at radius 1 is 1.35 bits per heavy atom. The van der Waals surface area contributed by atoms with Crippen LogP contribution in [0.1, 0.15) is 31.4 Å². The summed E-state index contributed by atoms with van der Waals surface area (Å²) in [4.78, 5) is 0. The highest BCUT2D eigenvalue weighted by Crippen LogP contribution is 2.22. The second kappa shape index (κ2) is 6.03. The summed E-state index contributed by atoms with van der Waals surface area (Å²) in [7, 11) is 1.97. The van der Waals surface area contributed by atoms with Gasteiger partial charge in [-0.1, -0.05) is 12.1 Å². The van der Waals surface area contributed by atoms with Gasteiger partial charge in [0.05, 0.1) is 13.2 Å². The zero-order valence-electron chi connectivity index (χ0n) is 10.6. The molecule has 0 aromatic heterocycles. The van der Waals surface area contributed by atoms with Crippen molar-refractivity contribution in [3.8, 4) is 5.75 Å². The van der Waals surface area contributed by atoms with Gasteiger partial charge in [-0.05, 0) is 31.7 Å². The molecular formula is C14H21NO2. The molecule has 94 valence electrons. The quantitative estimate of drug-likeness (QED) is 0.870. The number of hydrogen-bond acceptors (Lipinski definition) is 3. The van der Waals surface area contributed by atoms with Crippen LogP contribution in [0.15, 0.2) is 24.3 Å². The largest absolute Gasteiger partial charge is 0.490 e. The average molecular weight is 235 g/mol. The number of nitrogens with one attached hydrogen (secondary N) is 1. The summed E-state index contributed by atoms with van der Waals surface area (Å²) >= 11 is 0. The molecule has 1 heterocycles. The Morgan fingerprint density at radius 2 is 2.12 bits per heavy atom. The van der Waals surface area contributed by atoms with E-state index in [1.165, 1.54) is 5.56 Å². The Labute approximate surface area is 103 Å². The monoisotopic (exact) mass is 235 g/mol. The molecule has 1 fully saturated rings. The standard InChI is InChI=1S/C14H21NO2/c1-11(15-2)12-4-3-5-14(10-12)17-13-6-8-16-9-7-13/h3-5,10-11,13,15H,6-9H2,1-2H3. The van der Waals surface area contributed by atoms with Gasteiger partial charge in [-0.15, -0.1) is 0 Å². The van der Waals surface area contributed by atoms with Crippen LogP contribution in [0.2, 0.25) is 0 Å². The molecule has 0 saturated carbocycles. The second-order valence-electron chi connectivity index (χ2n) is 4.51. The van der Waals surface area contributed by atoms with Crippen LogP contribution in [0.4, 0.5) is 0 Å². The third-order valence-corrected chi connectivity index (χ3v) is 3.26. The van der Waals surface area contributed by atoms with Crippen molar-refractivity contribution in [1.82, 2.24) is 5.32 Å². The van der Waals surface area contributed by atoms with E-state index in [9.17, 15) is 0 Å². The van der Waals surface area contributed by atoms with Gasteiger partial charge in [0.15, 0.2) is 0 Å². The Kier molecular flexibility index (Phi) is 4.40. The van der Waals surface area contributed by atoms with E-state index < -0.39 is 0 Å². The normalized spacial score (nSPS) is 18.9. The lowest BCUT2D eigenvalue weighted by Gasteiger charge is -2.23. The first-order chi connectivity index (χ1) is 8.29. The number of hydrogen-bond donors (Lipinski definition) is 1. The summed E-state index contributed by atoms with van der Waals surface area (Å²) in [6, 6.07) is 8.68. The van der Waals surface area contributed by atoms with E-state index >= 15 is 0 Å². The summed E-state index contributed by atoms with van der Waals surface area (Å²) < 4.78 is 11.3. The molecule has 1 saturated heterocycles. The van der Waals surface area contributed by atoms with Crippen LogP contribution in [0.3, 0.4) is 0 Å². The van der Waals surface area contributed by atoms with Crippen molar-refractivity contribution < 1.29 is 9.47 Å². The lowest BCUT2D eigenvalue weighted by molar-refractivity contribution is 0.0255. The molecule has 1 atom stereocenters. The molecule has 3 nitrogen and oxygen atoms in total. The number of rotatable bonds is 4. The molecule has 3 heteroatoms. The van der Waals surface area contributed by atoms with Crippen LogP contribution >= 0.6 is 0 Å². The average Bonchev–Trinajstić information content (AvgIpc) is 2.39. The molecule has 1 unspecified atom stereocenters. The molecular weight excluding hydrogens is 214 g/mol. The van der Waals surface area contributed by atoms with E-state index in [-0.39, 0.29) is 0 Å². The highest BCUT2D eigenvalue weighted by atomic mass is 16.5. The summed E-state index contributed by atoms with van der Waals surface area (Å²) in [6.07, 6.45) is 2.29. The number of benzene rings is 1. The third kappa shape index (κ3) is 3.45. The third-order valence-electron chi connectivity index (χ3n) is 3.26. The minimum absolute atomic E-state index is 0.309. The van der Waals surface area contributed by atoms with E-state index in [1.807, 2.05) is 13.1 Å². The van der Waals surface area contributed by atoms with Gasteiger partial charge in [0.25, 0.3) is 0 Å². The Balaban J connectivity index is 2.00. The second-order valence-corrected chi connectivity index (χ2v) is 4.51. The lowest BCUT2D eigenvalue weighted by atomic mass is 10.1. The topological polar surface area (TPSA) is 30.5 Å². The molecule has 0 radical (unpaired) electrons. The SMILES string of the molecule is CNC(C)c1cccc(OC2CCOCC2)c1. The highest BCUT2D eigenvalue weighted by Gasteiger charge is 2.15. The van der Waals surface area contributed by atoms with Gasteiger partial charge in [-0.3, -0.25) is 0 Å². The van der Waals surface area contributed by atoms with E-state index in [0.717, 1.165) is 31.8 Å². The predicted molar refractivity (Wildman–Crippen MR) is 68.4 cm³/mol. The molecule has 0 amide bonds. The van der Waals surface area contributed by atoms with Crippen LogP contribution in [0, 0.1) is 0 Å². The van der Waals surface area contributed by atoms with Crippen LogP contribution < -0.4 is 10.1 Å². The molecule has 1 aliphatic rings. The molecule has 0 spiro atoms. The Morgan fingerprint density at radius 3 is 2.82 bits per heavy atom. The molecule has 1 N–H and O–H groups in total. The van der Waals surface area contributed by atoms with Crippen molar-refractivity contribution >= 4 is 0 Å². The lowest BCUT2D eigenvalue weighted by Crippen LogP contribution is -2.26. The fourth-order valence-electron chi connectivity index (χ4n) is 2.01. The van der Waals surface area contributed by atoms with Crippen molar-refractivity contribution in [3.05, 3.63) is 29.8 Å². The van der Waals surface area contributed by atoms with Gasteiger partial charge in [0, 0.05) is 18.9 Å². The van der Waals surface area contributed by atoms with Gasteiger partial charge >= 0.3 is 0 Å². The van der Waals surface area contributed by atoms with E-state index in [4.69, 9.17) is 9.47 Å². The van der Waals surface area contributed by atoms with Crippen molar-refractivity contribution in [2.75, 3.05) is 20.3 Å². The Hall–Kier alpha value is -1.06. The molecule has 0 aliphatic carbocycles. The van der Waals surface area contributed by atoms with E-state index in [2.05, 4.69) is 30.4 Å². The van der Waals surface area contributed by atoms with Gasteiger partial charge < -0.3 is 14.8 Å². The maximum Gasteiger partial charge on any atom is 0.120 e. The molecule has 2 rings (SSSR count). The van der Waals surface area contributed by atoms with Crippen LogP contribution in [0.5, 0.6) is 5.75 Å². The zero-order valence-corrected chi connectivity index (χ0v) is 10.6. The minimum Gasteiger partial charge on any atom is -0.490 e. The van der Waals surface area contributed by atoms with Crippen molar-refractivity contribution in [3.63, 3.8) is 0 Å². The maximum atomic E-state index is 5.98. The molecule has 17 heavy (non-hydrogen) atoms. The summed E-state index contributed by atoms with van der Waals surface area (Å²) in [5.41, 5.74) is 1.26. The van der Waals surface area contributed by atoms with Crippen LogP contribution in [-0.2, 0) is 4.74 Å².